The molecule has 0 atom stereocenters. The van der Waals surface area contributed by atoms with Gasteiger partial charge in [0.1, 0.15) is 0 Å². The Morgan fingerprint density at radius 2 is 1.67 bits per heavy atom. The second-order valence-corrected chi connectivity index (χ2v) is 8.75. The predicted molar refractivity (Wildman–Crippen MR) is 108 cm³/mol. The molecule has 2 aromatic heterocycles. The minimum absolute atomic E-state index is 0.168. The number of imidazole rings is 1. The van der Waals surface area contributed by atoms with Crippen molar-refractivity contribution in [1.82, 2.24) is 18.9 Å². The first-order valence-corrected chi connectivity index (χ1v) is 10.3. The van der Waals surface area contributed by atoms with Crippen molar-refractivity contribution < 1.29 is 8.78 Å². The van der Waals surface area contributed by atoms with E-state index in [2.05, 4.69) is 15.9 Å². The van der Waals surface area contributed by atoms with E-state index in [4.69, 9.17) is 23.8 Å². The van der Waals surface area contributed by atoms with Gasteiger partial charge in [-0.3, -0.25) is 14.4 Å². The minimum atomic E-state index is -2.64. The molecule has 1 saturated heterocycles. The average Bonchev–Trinajstić information content (AvgIpc) is 3.18. The molecule has 1 aliphatic rings. The summed E-state index contributed by atoms with van der Waals surface area (Å²) >= 11 is 13.0. The fourth-order valence-corrected chi connectivity index (χ4v) is 4.97. The Morgan fingerprint density at radius 3 is 2.30 bits per heavy atom. The van der Waals surface area contributed by atoms with E-state index in [1.54, 1.807) is 23.5 Å². The Balaban J connectivity index is 1.46. The topological polar surface area (TPSA) is 16.3 Å². The number of piperazine rings is 1. The van der Waals surface area contributed by atoms with Crippen molar-refractivity contribution in [3.05, 3.63) is 50.4 Å². The molecule has 0 unspecified atom stereocenters. The summed E-state index contributed by atoms with van der Waals surface area (Å²) < 4.78 is 30.7. The molecule has 0 radical (unpaired) electrons. The van der Waals surface area contributed by atoms with E-state index in [9.17, 15) is 8.78 Å². The lowest BCUT2D eigenvalue weighted by molar-refractivity contribution is 0.0699. The number of thiophene rings is 1. The zero-order chi connectivity index (χ0) is 19.0. The van der Waals surface area contributed by atoms with Crippen molar-refractivity contribution in [3.8, 4) is 0 Å². The number of hydrogen-bond acceptors (Lipinski definition) is 4. The summed E-state index contributed by atoms with van der Waals surface area (Å²) in [5.41, 5.74) is 1.23. The van der Waals surface area contributed by atoms with Crippen molar-refractivity contribution in [2.75, 3.05) is 26.2 Å². The van der Waals surface area contributed by atoms with Crippen LogP contribution in [0.4, 0.5) is 8.78 Å². The van der Waals surface area contributed by atoms with Crippen LogP contribution in [0.2, 0.25) is 4.34 Å². The molecule has 4 rings (SSSR count). The highest BCUT2D eigenvalue weighted by molar-refractivity contribution is 7.71. The summed E-state index contributed by atoms with van der Waals surface area (Å²) in [6, 6.07) is 11.2. The number of nitrogens with zero attached hydrogens (tertiary/aromatic N) is 4. The van der Waals surface area contributed by atoms with Gasteiger partial charge in [0, 0.05) is 37.6 Å². The van der Waals surface area contributed by atoms with Crippen LogP contribution in [0.25, 0.3) is 11.0 Å². The molecular weight excluding hydrogens is 410 g/mol. The van der Waals surface area contributed by atoms with Gasteiger partial charge in [-0.25, -0.2) is 0 Å². The van der Waals surface area contributed by atoms with Crippen LogP contribution in [0.1, 0.15) is 11.4 Å². The van der Waals surface area contributed by atoms with Crippen LogP contribution in [-0.2, 0) is 13.2 Å². The zero-order valence-corrected chi connectivity index (χ0v) is 16.9. The third-order valence-corrected chi connectivity index (χ3v) is 6.51. The van der Waals surface area contributed by atoms with Crippen LogP contribution < -0.4 is 0 Å². The SMILES string of the molecule is FC(F)n1c(=S)n(CN2CCN(Cc3ccc(Cl)s3)CC2)c2ccccc21. The summed E-state index contributed by atoms with van der Waals surface area (Å²) in [5.74, 6) is 0. The summed E-state index contributed by atoms with van der Waals surface area (Å²) in [6.07, 6.45) is 0. The molecule has 27 heavy (non-hydrogen) atoms. The summed E-state index contributed by atoms with van der Waals surface area (Å²) in [5, 5.41) is 0. The monoisotopic (exact) mass is 428 g/mol. The smallest absolute Gasteiger partial charge is 0.303 e. The number of rotatable bonds is 5. The van der Waals surface area contributed by atoms with Gasteiger partial charge in [-0.15, -0.1) is 11.3 Å². The molecule has 0 bridgehead atoms. The highest BCUT2D eigenvalue weighted by Crippen LogP contribution is 2.25. The fraction of sp³-hybridized carbons (Fsp3) is 0.389. The Hall–Kier alpha value is -1.32. The van der Waals surface area contributed by atoms with Gasteiger partial charge >= 0.3 is 6.55 Å². The number of halogens is 3. The van der Waals surface area contributed by atoms with Gasteiger partial charge in [0.2, 0.25) is 0 Å². The maximum atomic E-state index is 13.5. The molecule has 3 heterocycles. The second-order valence-electron chi connectivity index (χ2n) is 6.59. The minimum Gasteiger partial charge on any atom is -0.303 e. The Morgan fingerprint density at radius 1 is 1.00 bits per heavy atom. The first kappa shape index (κ1) is 19.0. The normalized spacial score (nSPS) is 16.6. The highest BCUT2D eigenvalue weighted by atomic mass is 35.5. The second kappa shape index (κ2) is 7.97. The number of para-hydroxylation sites is 2. The van der Waals surface area contributed by atoms with E-state index in [-0.39, 0.29) is 4.77 Å². The predicted octanol–water partition coefficient (Wildman–Crippen LogP) is 5.06. The molecule has 0 amide bonds. The maximum absolute atomic E-state index is 13.5. The Bertz CT molecular complexity index is 989. The molecule has 0 N–H and O–H groups in total. The van der Waals surface area contributed by atoms with Gasteiger partial charge < -0.3 is 4.57 Å². The lowest BCUT2D eigenvalue weighted by Gasteiger charge is -2.34. The summed E-state index contributed by atoms with van der Waals surface area (Å²) in [4.78, 5) is 5.91. The van der Waals surface area contributed by atoms with Crippen molar-refractivity contribution in [3.63, 3.8) is 0 Å². The van der Waals surface area contributed by atoms with Gasteiger partial charge in [0.25, 0.3) is 0 Å². The largest absolute Gasteiger partial charge is 0.321 e. The molecule has 1 aromatic carbocycles. The van der Waals surface area contributed by atoms with Crippen LogP contribution in [0.3, 0.4) is 0 Å². The van der Waals surface area contributed by atoms with Crippen LogP contribution in [0.15, 0.2) is 36.4 Å². The van der Waals surface area contributed by atoms with Gasteiger partial charge in [0.05, 0.1) is 22.0 Å². The molecule has 9 heteroatoms. The Labute approximate surface area is 170 Å². The number of alkyl halides is 2. The van der Waals surface area contributed by atoms with Gasteiger partial charge in [0.15, 0.2) is 4.77 Å². The molecule has 144 valence electrons. The number of hydrogen-bond donors (Lipinski definition) is 0. The molecule has 1 aliphatic heterocycles. The van der Waals surface area contributed by atoms with Crippen LogP contribution in [0.5, 0.6) is 0 Å². The quantitative estimate of drug-likeness (QED) is 0.528. The van der Waals surface area contributed by atoms with Crippen molar-refractivity contribution in [2.45, 2.75) is 19.8 Å². The van der Waals surface area contributed by atoms with E-state index < -0.39 is 6.55 Å². The van der Waals surface area contributed by atoms with Crippen LogP contribution in [-0.4, -0.2) is 45.1 Å². The first-order chi connectivity index (χ1) is 13.0. The summed E-state index contributed by atoms with van der Waals surface area (Å²) in [6.45, 7) is 2.38. The van der Waals surface area contributed by atoms with E-state index in [0.29, 0.717) is 12.2 Å². The highest BCUT2D eigenvalue weighted by Gasteiger charge is 2.21. The van der Waals surface area contributed by atoms with Gasteiger partial charge in [-0.2, -0.15) is 8.78 Å². The van der Waals surface area contributed by atoms with Crippen molar-refractivity contribution in [2.24, 2.45) is 0 Å². The van der Waals surface area contributed by atoms with Crippen LogP contribution >= 0.6 is 35.2 Å². The molecule has 1 fully saturated rings. The van der Waals surface area contributed by atoms with E-state index >= 15 is 0 Å². The van der Waals surface area contributed by atoms with Crippen molar-refractivity contribution >= 4 is 46.2 Å². The summed E-state index contributed by atoms with van der Waals surface area (Å²) in [7, 11) is 0. The third kappa shape index (κ3) is 3.95. The molecule has 0 saturated carbocycles. The number of fused-ring (bicyclic) bond motifs is 1. The fourth-order valence-electron chi connectivity index (χ4n) is 3.50. The van der Waals surface area contributed by atoms with Crippen LogP contribution in [0, 0.1) is 4.77 Å². The molecule has 0 aliphatic carbocycles. The van der Waals surface area contributed by atoms with E-state index in [1.807, 2.05) is 22.8 Å². The average molecular weight is 429 g/mol. The van der Waals surface area contributed by atoms with Crippen molar-refractivity contribution in [1.29, 1.82) is 0 Å². The molecule has 4 nitrogen and oxygen atoms in total. The lowest BCUT2D eigenvalue weighted by Crippen LogP contribution is -2.46. The third-order valence-electron chi connectivity index (χ3n) is 4.88. The lowest BCUT2D eigenvalue weighted by atomic mass is 10.3. The van der Waals surface area contributed by atoms with E-state index in [1.165, 1.54) is 4.88 Å². The number of aromatic nitrogens is 2. The molecular formula is C18H19ClF2N4S2. The molecule has 0 spiro atoms. The van der Waals surface area contributed by atoms with Gasteiger partial charge in [-0.1, -0.05) is 23.7 Å². The Kier molecular flexibility index (Phi) is 5.61. The van der Waals surface area contributed by atoms with E-state index in [0.717, 1.165) is 47.1 Å². The standard InChI is InChI=1S/C18H19ClF2N4S2/c19-16-6-5-13(27-16)11-22-7-9-23(10-8-22)12-24-14-3-1-2-4-15(14)25(17(20)21)18(24)26/h1-6,17H,7-12H2. The molecule has 3 aromatic rings. The zero-order valence-electron chi connectivity index (χ0n) is 14.5. The maximum Gasteiger partial charge on any atom is 0.321 e. The number of benzene rings is 1. The first-order valence-electron chi connectivity index (χ1n) is 8.70. The van der Waals surface area contributed by atoms with Gasteiger partial charge in [-0.05, 0) is 36.5 Å².